The standard InChI is InChI=1S/C15H25NO/c1-11(2)15(9-16,10-17)8-14-6-12(3)5-13(4)7-14/h5-7,11,17H,8-10,16H2,1-4H3. The van der Waals surface area contributed by atoms with Crippen LogP contribution in [-0.2, 0) is 6.42 Å². The largest absolute Gasteiger partial charge is 0.396 e. The van der Waals surface area contributed by atoms with Crippen LogP contribution < -0.4 is 5.73 Å². The van der Waals surface area contributed by atoms with Crippen molar-refractivity contribution in [1.82, 2.24) is 0 Å². The smallest absolute Gasteiger partial charge is 0.0505 e. The molecule has 2 heteroatoms. The van der Waals surface area contributed by atoms with Crippen LogP contribution in [0.25, 0.3) is 0 Å². The van der Waals surface area contributed by atoms with E-state index in [2.05, 4.69) is 45.9 Å². The summed E-state index contributed by atoms with van der Waals surface area (Å²) in [6, 6.07) is 6.55. The topological polar surface area (TPSA) is 46.2 Å². The van der Waals surface area contributed by atoms with Crippen molar-refractivity contribution in [2.75, 3.05) is 13.2 Å². The Hall–Kier alpha value is -0.860. The third-order valence-electron chi connectivity index (χ3n) is 3.78. The third-order valence-corrected chi connectivity index (χ3v) is 3.78. The molecule has 0 aliphatic heterocycles. The molecule has 0 radical (unpaired) electrons. The molecule has 1 unspecified atom stereocenters. The van der Waals surface area contributed by atoms with Gasteiger partial charge in [0.25, 0.3) is 0 Å². The van der Waals surface area contributed by atoms with Gasteiger partial charge in [-0.15, -0.1) is 0 Å². The highest BCUT2D eigenvalue weighted by atomic mass is 16.3. The lowest BCUT2D eigenvalue weighted by Crippen LogP contribution is -2.41. The number of nitrogens with two attached hydrogens (primary N) is 1. The second-order valence-corrected chi connectivity index (χ2v) is 5.55. The number of benzene rings is 1. The zero-order chi connectivity index (χ0) is 13.1. The van der Waals surface area contributed by atoms with Gasteiger partial charge in [0.2, 0.25) is 0 Å². The highest BCUT2D eigenvalue weighted by Gasteiger charge is 2.31. The first-order valence-electron chi connectivity index (χ1n) is 6.31. The molecule has 1 aromatic carbocycles. The van der Waals surface area contributed by atoms with Gasteiger partial charge in [-0.2, -0.15) is 0 Å². The van der Waals surface area contributed by atoms with Crippen LogP contribution in [0, 0.1) is 25.2 Å². The van der Waals surface area contributed by atoms with E-state index in [1.807, 2.05) is 0 Å². The highest BCUT2D eigenvalue weighted by molar-refractivity contribution is 5.29. The van der Waals surface area contributed by atoms with Gasteiger partial charge >= 0.3 is 0 Å². The summed E-state index contributed by atoms with van der Waals surface area (Å²) < 4.78 is 0. The Morgan fingerprint density at radius 2 is 1.71 bits per heavy atom. The van der Waals surface area contributed by atoms with Crippen molar-refractivity contribution in [2.45, 2.75) is 34.1 Å². The molecule has 0 saturated carbocycles. The molecule has 1 atom stereocenters. The zero-order valence-corrected chi connectivity index (χ0v) is 11.5. The maximum absolute atomic E-state index is 9.67. The number of hydrogen-bond donors (Lipinski definition) is 2. The van der Waals surface area contributed by atoms with Gasteiger partial charge in [-0.1, -0.05) is 43.2 Å². The van der Waals surface area contributed by atoms with Gasteiger partial charge in [-0.05, 0) is 31.7 Å². The van der Waals surface area contributed by atoms with Crippen molar-refractivity contribution in [1.29, 1.82) is 0 Å². The molecule has 0 bridgehead atoms. The van der Waals surface area contributed by atoms with Crippen LogP contribution in [0.3, 0.4) is 0 Å². The van der Waals surface area contributed by atoms with E-state index in [1.54, 1.807) is 0 Å². The molecular formula is C15H25NO. The summed E-state index contributed by atoms with van der Waals surface area (Å²) in [6.07, 6.45) is 0.847. The second kappa shape index (κ2) is 5.65. The van der Waals surface area contributed by atoms with Gasteiger partial charge in [0, 0.05) is 12.0 Å². The average Bonchev–Trinajstić information content (AvgIpc) is 2.24. The Balaban J connectivity index is 3.01. The number of aliphatic hydroxyl groups is 1. The first kappa shape index (κ1) is 14.2. The summed E-state index contributed by atoms with van der Waals surface area (Å²) in [5.74, 6) is 0.373. The molecule has 96 valence electrons. The third kappa shape index (κ3) is 3.30. The highest BCUT2D eigenvalue weighted by Crippen LogP contribution is 2.30. The summed E-state index contributed by atoms with van der Waals surface area (Å²) >= 11 is 0. The van der Waals surface area contributed by atoms with Gasteiger partial charge in [-0.3, -0.25) is 0 Å². The predicted molar refractivity (Wildman–Crippen MR) is 73.0 cm³/mol. The van der Waals surface area contributed by atoms with Crippen LogP contribution in [0.2, 0.25) is 0 Å². The quantitative estimate of drug-likeness (QED) is 0.823. The number of hydrogen-bond acceptors (Lipinski definition) is 2. The van der Waals surface area contributed by atoms with E-state index in [0.29, 0.717) is 12.5 Å². The minimum Gasteiger partial charge on any atom is -0.396 e. The summed E-state index contributed by atoms with van der Waals surface area (Å²) in [5, 5.41) is 9.67. The SMILES string of the molecule is Cc1cc(C)cc(CC(CN)(CO)C(C)C)c1. The molecule has 0 spiro atoms. The van der Waals surface area contributed by atoms with Crippen LogP contribution in [0.4, 0.5) is 0 Å². The Morgan fingerprint density at radius 1 is 1.18 bits per heavy atom. The van der Waals surface area contributed by atoms with Crippen molar-refractivity contribution >= 4 is 0 Å². The molecule has 0 fully saturated rings. The molecule has 0 aliphatic carbocycles. The molecule has 0 aliphatic rings. The van der Waals surface area contributed by atoms with Gasteiger partial charge in [0.15, 0.2) is 0 Å². The van der Waals surface area contributed by atoms with Crippen molar-refractivity contribution in [2.24, 2.45) is 17.1 Å². The molecule has 0 heterocycles. The summed E-state index contributed by atoms with van der Waals surface area (Å²) in [7, 11) is 0. The summed E-state index contributed by atoms with van der Waals surface area (Å²) in [5.41, 5.74) is 9.50. The Kier molecular flexibility index (Phi) is 4.72. The molecule has 0 saturated heterocycles. The maximum Gasteiger partial charge on any atom is 0.0505 e. The fourth-order valence-corrected chi connectivity index (χ4v) is 2.39. The fraction of sp³-hybridized carbons (Fsp3) is 0.600. The van der Waals surface area contributed by atoms with Gasteiger partial charge in [0.1, 0.15) is 0 Å². The van der Waals surface area contributed by atoms with Crippen molar-refractivity contribution in [3.05, 3.63) is 34.9 Å². The van der Waals surface area contributed by atoms with Crippen LogP contribution in [-0.4, -0.2) is 18.3 Å². The number of aryl methyl sites for hydroxylation is 2. The van der Waals surface area contributed by atoms with E-state index in [0.717, 1.165) is 6.42 Å². The molecule has 17 heavy (non-hydrogen) atoms. The van der Waals surface area contributed by atoms with E-state index in [9.17, 15) is 5.11 Å². The van der Waals surface area contributed by atoms with E-state index in [-0.39, 0.29) is 12.0 Å². The van der Waals surface area contributed by atoms with E-state index in [1.165, 1.54) is 16.7 Å². The Labute approximate surface area is 105 Å². The van der Waals surface area contributed by atoms with Crippen LogP contribution in [0.5, 0.6) is 0 Å². The van der Waals surface area contributed by atoms with E-state index in [4.69, 9.17) is 5.73 Å². The molecule has 1 aromatic rings. The lowest BCUT2D eigenvalue weighted by molar-refractivity contribution is 0.0842. The number of rotatable bonds is 5. The lowest BCUT2D eigenvalue weighted by atomic mass is 9.73. The van der Waals surface area contributed by atoms with Crippen molar-refractivity contribution < 1.29 is 5.11 Å². The fourth-order valence-electron chi connectivity index (χ4n) is 2.39. The molecule has 0 amide bonds. The molecule has 3 N–H and O–H groups in total. The first-order chi connectivity index (χ1) is 7.93. The van der Waals surface area contributed by atoms with Crippen LogP contribution in [0.1, 0.15) is 30.5 Å². The second-order valence-electron chi connectivity index (χ2n) is 5.55. The van der Waals surface area contributed by atoms with Gasteiger partial charge in [0.05, 0.1) is 6.61 Å². The van der Waals surface area contributed by atoms with Crippen molar-refractivity contribution in [3.8, 4) is 0 Å². The van der Waals surface area contributed by atoms with E-state index >= 15 is 0 Å². The van der Waals surface area contributed by atoms with Crippen LogP contribution in [0.15, 0.2) is 18.2 Å². The lowest BCUT2D eigenvalue weighted by Gasteiger charge is -2.35. The molecular weight excluding hydrogens is 210 g/mol. The minimum absolute atomic E-state index is 0.147. The Morgan fingerprint density at radius 3 is 2.06 bits per heavy atom. The average molecular weight is 235 g/mol. The van der Waals surface area contributed by atoms with Gasteiger partial charge < -0.3 is 10.8 Å². The first-order valence-corrected chi connectivity index (χ1v) is 6.31. The Bertz CT molecular complexity index is 347. The molecule has 1 rings (SSSR count). The monoisotopic (exact) mass is 235 g/mol. The predicted octanol–water partition coefficient (Wildman–Crippen LogP) is 2.44. The normalized spacial score (nSPS) is 15.0. The summed E-state index contributed by atoms with van der Waals surface area (Å²) in [4.78, 5) is 0. The van der Waals surface area contributed by atoms with Gasteiger partial charge in [-0.25, -0.2) is 0 Å². The zero-order valence-electron chi connectivity index (χ0n) is 11.5. The van der Waals surface area contributed by atoms with E-state index < -0.39 is 0 Å². The molecule has 2 nitrogen and oxygen atoms in total. The summed E-state index contributed by atoms with van der Waals surface area (Å²) in [6.45, 7) is 9.14. The maximum atomic E-state index is 9.67. The van der Waals surface area contributed by atoms with Crippen molar-refractivity contribution in [3.63, 3.8) is 0 Å². The number of aliphatic hydroxyl groups excluding tert-OH is 1. The molecule has 0 aromatic heterocycles. The van der Waals surface area contributed by atoms with Crippen LogP contribution >= 0.6 is 0 Å². The minimum atomic E-state index is -0.194.